The van der Waals surface area contributed by atoms with E-state index in [4.69, 9.17) is 4.74 Å². The average molecular weight is 309 g/mol. The van der Waals surface area contributed by atoms with Crippen molar-refractivity contribution in [2.24, 2.45) is 0 Å². The summed E-state index contributed by atoms with van der Waals surface area (Å²) in [6, 6.07) is 6.74. The zero-order chi connectivity index (χ0) is 15.2. The van der Waals surface area contributed by atoms with Gasteiger partial charge in [0.1, 0.15) is 6.04 Å². The summed E-state index contributed by atoms with van der Waals surface area (Å²) in [6.07, 6.45) is 2.36. The van der Waals surface area contributed by atoms with E-state index in [1.54, 1.807) is 11.8 Å². The number of hydrogen-bond acceptors (Lipinski definition) is 4. The van der Waals surface area contributed by atoms with Gasteiger partial charge in [-0.1, -0.05) is 24.3 Å². The van der Waals surface area contributed by atoms with E-state index in [9.17, 15) is 14.7 Å². The van der Waals surface area contributed by atoms with E-state index in [-0.39, 0.29) is 5.91 Å². The van der Waals surface area contributed by atoms with Crippen molar-refractivity contribution in [3.8, 4) is 0 Å². The van der Waals surface area contributed by atoms with Crippen LogP contribution in [-0.2, 0) is 20.7 Å². The van der Waals surface area contributed by atoms with Crippen LogP contribution in [-0.4, -0.2) is 41.6 Å². The molecule has 1 unspecified atom stereocenters. The summed E-state index contributed by atoms with van der Waals surface area (Å²) in [5.74, 6) is -0.712. The molecule has 0 radical (unpaired) electrons. The van der Waals surface area contributed by atoms with E-state index in [1.165, 1.54) is 0 Å². The van der Waals surface area contributed by atoms with Gasteiger partial charge in [-0.15, -0.1) is 0 Å². The molecule has 1 heterocycles. The summed E-state index contributed by atoms with van der Waals surface area (Å²) in [7, 11) is 0. The Morgan fingerprint density at radius 3 is 2.95 bits per heavy atom. The Balaban J connectivity index is 2.08. The van der Waals surface area contributed by atoms with Gasteiger partial charge in [-0.25, -0.2) is 4.79 Å². The van der Waals surface area contributed by atoms with Crippen LogP contribution in [0.5, 0.6) is 0 Å². The minimum absolute atomic E-state index is 0.379. The van der Waals surface area contributed by atoms with Crippen LogP contribution in [0.15, 0.2) is 24.3 Å². The lowest BCUT2D eigenvalue weighted by Crippen LogP contribution is -2.44. The molecule has 0 saturated carbocycles. The first-order valence-electron chi connectivity index (χ1n) is 6.85. The summed E-state index contributed by atoms with van der Waals surface area (Å²) >= 11 is 1.55. The Hall–Kier alpha value is -1.53. The Labute approximate surface area is 128 Å². The van der Waals surface area contributed by atoms with Crippen LogP contribution in [0, 0.1) is 0 Å². The third-order valence-electron chi connectivity index (χ3n) is 3.46. The molecule has 0 spiro atoms. The maximum absolute atomic E-state index is 12.3. The summed E-state index contributed by atoms with van der Waals surface area (Å²) in [6.45, 7) is 0.470. The quantitative estimate of drug-likeness (QED) is 0.835. The van der Waals surface area contributed by atoms with Crippen molar-refractivity contribution in [3.05, 3.63) is 35.4 Å². The highest BCUT2D eigenvalue weighted by molar-refractivity contribution is 7.98. The second-order valence-electron chi connectivity index (χ2n) is 4.88. The molecule has 1 aromatic rings. The maximum Gasteiger partial charge on any atom is 0.326 e. The van der Waals surface area contributed by atoms with Crippen LogP contribution in [0.1, 0.15) is 23.7 Å². The molecule has 1 aliphatic heterocycles. The molecule has 2 N–H and O–H groups in total. The molecule has 1 aliphatic rings. The van der Waals surface area contributed by atoms with Gasteiger partial charge in [0.25, 0.3) is 5.91 Å². The molecule has 6 heteroatoms. The topological polar surface area (TPSA) is 75.6 Å². The van der Waals surface area contributed by atoms with Crippen molar-refractivity contribution < 1.29 is 19.4 Å². The average Bonchev–Trinajstić information content (AvgIpc) is 2.50. The number of ether oxygens (including phenoxy) is 1. The Bertz CT molecular complexity index is 520. The number of carboxylic acid groups (broad SMARTS) is 1. The van der Waals surface area contributed by atoms with Crippen LogP contribution in [0.2, 0.25) is 0 Å². The second-order valence-corrected chi connectivity index (χ2v) is 5.87. The highest BCUT2D eigenvalue weighted by Crippen LogP contribution is 2.27. The van der Waals surface area contributed by atoms with Crippen molar-refractivity contribution in [2.45, 2.75) is 25.0 Å². The van der Waals surface area contributed by atoms with Crippen molar-refractivity contribution in [3.63, 3.8) is 0 Å². The molecular weight excluding hydrogens is 290 g/mol. The lowest BCUT2D eigenvalue weighted by Gasteiger charge is -2.26. The summed E-state index contributed by atoms with van der Waals surface area (Å²) in [5.41, 5.74) is 1.91. The zero-order valence-corrected chi connectivity index (χ0v) is 12.7. The van der Waals surface area contributed by atoms with Gasteiger partial charge in [-0.05, 0) is 36.0 Å². The minimum Gasteiger partial charge on any atom is -0.480 e. The number of rotatable bonds is 6. The van der Waals surface area contributed by atoms with Crippen molar-refractivity contribution in [1.29, 1.82) is 0 Å². The van der Waals surface area contributed by atoms with E-state index < -0.39 is 18.1 Å². The van der Waals surface area contributed by atoms with E-state index in [0.717, 1.165) is 17.5 Å². The fourth-order valence-electron chi connectivity index (χ4n) is 2.35. The number of benzene rings is 1. The summed E-state index contributed by atoms with van der Waals surface area (Å²) < 4.78 is 5.54. The number of carbonyl (C=O) groups excluding carboxylic acids is 1. The Morgan fingerprint density at radius 1 is 1.48 bits per heavy atom. The molecule has 2 rings (SSSR count). The molecule has 1 aromatic carbocycles. The third kappa shape index (κ3) is 3.98. The van der Waals surface area contributed by atoms with Crippen LogP contribution < -0.4 is 5.32 Å². The number of aliphatic carboxylic acids is 1. The van der Waals surface area contributed by atoms with Gasteiger partial charge in [0.2, 0.25) is 0 Å². The first kappa shape index (κ1) is 15.9. The number of nitrogens with one attached hydrogen (secondary N) is 1. The zero-order valence-electron chi connectivity index (χ0n) is 11.9. The second kappa shape index (κ2) is 7.47. The molecule has 2 atom stereocenters. The summed E-state index contributed by atoms with van der Waals surface area (Å²) in [4.78, 5) is 23.5. The largest absolute Gasteiger partial charge is 0.480 e. The Morgan fingerprint density at radius 2 is 2.24 bits per heavy atom. The molecule has 0 aromatic heterocycles. The first-order chi connectivity index (χ1) is 10.1. The van der Waals surface area contributed by atoms with Crippen LogP contribution in [0.4, 0.5) is 0 Å². The number of thioether (sulfide) groups is 1. The Kier molecular flexibility index (Phi) is 5.64. The molecule has 0 fully saturated rings. The minimum atomic E-state index is -1.01. The van der Waals surface area contributed by atoms with Crippen molar-refractivity contribution in [2.75, 3.05) is 18.6 Å². The molecular formula is C15H19NO4S. The summed E-state index contributed by atoms with van der Waals surface area (Å²) in [5, 5.41) is 11.8. The molecule has 0 saturated heterocycles. The first-order valence-corrected chi connectivity index (χ1v) is 8.24. The fraction of sp³-hybridized carbons (Fsp3) is 0.467. The van der Waals surface area contributed by atoms with E-state index in [2.05, 4.69) is 5.32 Å². The van der Waals surface area contributed by atoms with Gasteiger partial charge >= 0.3 is 5.97 Å². The highest BCUT2D eigenvalue weighted by Gasteiger charge is 2.30. The van der Waals surface area contributed by atoms with Gasteiger partial charge in [0.15, 0.2) is 6.10 Å². The molecule has 0 aliphatic carbocycles. The van der Waals surface area contributed by atoms with Crippen LogP contribution in [0.25, 0.3) is 0 Å². The fourth-order valence-corrected chi connectivity index (χ4v) is 2.82. The lowest BCUT2D eigenvalue weighted by atomic mass is 9.97. The SMILES string of the molecule is CSCC[C@@H](NC(=O)C1OCCc2ccccc21)C(=O)O. The van der Waals surface area contributed by atoms with Gasteiger partial charge in [-0.2, -0.15) is 11.8 Å². The number of hydrogen-bond donors (Lipinski definition) is 2. The monoisotopic (exact) mass is 309 g/mol. The third-order valence-corrected chi connectivity index (χ3v) is 4.10. The predicted octanol–water partition coefficient (Wildman–Crippen LogP) is 1.62. The van der Waals surface area contributed by atoms with Gasteiger partial charge in [0.05, 0.1) is 6.61 Å². The number of carbonyl (C=O) groups is 2. The molecule has 5 nitrogen and oxygen atoms in total. The van der Waals surface area contributed by atoms with E-state index >= 15 is 0 Å². The molecule has 21 heavy (non-hydrogen) atoms. The van der Waals surface area contributed by atoms with Crippen LogP contribution >= 0.6 is 11.8 Å². The van der Waals surface area contributed by atoms with Crippen molar-refractivity contribution >= 4 is 23.6 Å². The normalized spacial score (nSPS) is 18.6. The smallest absolute Gasteiger partial charge is 0.326 e. The maximum atomic E-state index is 12.3. The standard InChI is InChI=1S/C15H19NO4S/c1-21-9-7-12(15(18)19)16-14(17)13-11-5-3-2-4-10(11)6-8-20-13/h2-5,12-13H,6-9H2,1H3,(H,16,17)(H,18,19)/t12-,13?/m1/s1. The lowest BCUT2D eigenvalue weighted by molar-refractivity contribution is -0.145. The van der Waals surface area contributed by atoms with Gasteiger partial charge in [0, 0.05) is 0 Å². The van der Waals surface area contributed by atoms with Crippen LogP contribution in [0.3, 0.4) is 0 Å². The molecule has 0 bridgehead atoms. The van der Waals surface area contributed by atoms with Gasteiger partial charge in [-0.3, -0.25) is 4.79 Å². The number of amides is 1. The van der Waals surface area contributed by atoms with Crippen molar-refractivity contribution in [1.82, 2.24) is 5.32 Å². The number of carboxylic acids is 1. The molecule has 1 amide bonds. The highest BCUT2D eigenvalue weighted by atomic mass is 32.2. The van der Waals surface area contributed by atoms with E-state index in [0.29, 0.717) is 18.8 Å². The van der Waals surface area contributed by atoms with Gasteiger partial charge < -0.3 is 15.2 Å². The number of fused-ring (bicyclic) bond motifs is 1. The van der Waals surface area contributed by atoms with E-state index in [1.807, 2.05) is 30.5 Å². The molecule has 114 valence electrons. The predicted molar refractivity (Wildman–Crippen MR) is 81.4 cm³/mol.